The Morgan fingerprint density at radius 3 is 2.64 bits per heavy atom. The van der Waals surface area contributed by atoms with Gasteiger partial charge in [-0.15, -0.1) is 0 Å². The van der Waals surface area contributed by atoms with Gasteiger partial charge in [0.15, 0.2) is 0 Å². The summed E-state index contributed by atoms with van der Waals surface area (Å²) in [6.45, 7) is 4.80. The Morgan fingerprint density at radius 2 is 1.91 bits per heavy atom. The van der Waals surface area contributed by atoms with Gasteiger partial charge in [-0.25, -0.2) is 0 Å². The summed E-state index contributed by atoms with van der Waals surface area (Å²) < 4.78 is 5.63. The van der Waals surface area contributed by atoms with Gasteiger partial charge < -0.3 is 4.74 Å². The summed E-state index contributed by atoms with van der Waals surface area (Å²) in [6.07, 6.45) is 0. The van der Waals surface area contributed by atoms with Crippen LogP contribution in [-0.4, -0.2) is 12.5 Å². The van der Waals surface area contributed by atoms with Gasteiger partial charge in [0.25, 0.3) is 5.91 Å². The molecule has 5 heteroatoms. The highest BCUT2D eigenvalue weighted by Crippen LogP contribution is 2.15. The number of hydrogen-bond donors (Lipinski definition) is 2. The molecule has 0 aliphatic rings. The van der Waals surface area contributed by atoms with E-state index in [0.717, 1.165) is 4.90 Å². The Bertz CT molecular complexity index is 603. The van der Waals surface area contributed by atoms with E-state index in [0.29, 0.717) is 23.8 Å². The predicted octanol–water partition coefficient (Wildman–Crippen LogP) is 3.66. The molecule has 116 valence electrons. The number of hydrogen-bond acceptors (Lipinski definition) is 4. The zero-order valence-electron chi connectivity index (χ0n) is 12.7. The van der Waals surface area contributed by atoms with Gasteiger partial charge in [-0.3, -0.25) is 10.2 Å². The number of carbonyl (C=O) groups excluding carboxylic acids is 1. The fourth-order valence-corrected chi connectivity index (χ4v) is 2.24. The number of nitrogens with one attached hydrogen (secondary N) is 2. The molecule has 0 spiro atoms. The lowest BCUT2D eigenvalue weighted by atomic mass is 10.2. The maximum atomic E-state index is 12.1. The second kappa shape index (κ2) is 8.46. The van der Waals surface area contributed by atoms with Gasteiger partial charge in [-0.05, 0) is 48.2 Å². The highest BCUT2D eigenvalue weighted by Gasteiger charge is 2.07. The minimum absolute atomic E-state index is 0.196. The van der Waals surface area contributed by atoms with E-state index in [2.05, 4.69) is 24.1 Å². The molecule has 0 unspecified atom stereocenters. The van der Waals surface area contributed by atoms with Gasteiger partial charge in [-0.1, -0.05) is 38.1 Å². The highest BCUT2D eigenvalue weighted by atomic mass is 32.2. The largest absolute Gasteiger partial charge is 0.493 e. The normalized spacial score (nSPS) is 10.5. The molecule has 4 nitrogen and oxygen atoms in total. The van der Waals surface area contributed by atoms with E-state index in [9.17, 15) is 4.79 Å². The van der Waals surface area contributed by atoms with E-state index in [-0.39, 0.29) is 5.91 Å². The molecule has 2 rings (SSSR count). The van der Waals surface area contributed by atoms with Crippen molar-refractivity contribution in [1.29, 1.82) is 0 Å². The van der Waals surface area contributed by atoms with Crippen LogP contribution in [0.3, 0.4) is 0 Å². The average Bonchev–Trinajstić information content (AvgIpc) is 2.54. The second-order valence-electron chi connectivity index (χ2n) is 5.20. The van der Waals surface area contributed by atoms with Crippen molar-refractivity contribution in [3.05, 3.63) is 60.2 Å². The van der Waals surface area contributed by atoms with Crippen molar-refractivity contribution in [1.82, 2.24) is 10.3 Å². The minimum Gasteiger partial charge on any atom is -0.493 e. The Kier molecular flexibility index (Phi) is 6.30. The first kappa shape index (κ1) is 16.4. The van der Waals surface area contributed by atoms with Crippen molar-refractivity contribution in [2.24, 2.45) is 5.92 Å². The number of benzene rings is 2. The summed E-state index contributed by atoms with van der Waals surface area (Å²) >= 11 is 1.35. The van der Waals surface area contributed by atoms with Gasteiger partial charge >= 0.3 is 0 Å². The molecular weight excluding hydrogens is 296 g/mol. The van der Waals surface area contributed by atoms with Crippen LogP contribution in [0.15, 0.2) is 59.5 Å². The van der Waals surface area contributed by atoms with Gasteiger partial charge in [0.2, 0.25) is 0 Å². The number of rotatable bonds is 7. The van der Waals surface area contributed by atoms with E-state index in [1.54, 1.807) is 12.1 Å². The number of ether oxygens (including phenoxy) is 1. The lowest BCUT2D eigenvalue weighted by Crippen LogP contribution is -2.32. The molecular formula is C17H20N2O2S. The number of hydrazine groups is 1. The van der Waals surface area contributed by atoms with Crippen molar-refractivity contribution in [2.75, 3.05) is 6.61 Å². The molecule has 0 aliphatic heterocycles. The predicted molar refractivity (Wildman–Crippen MR) is 89.7 cm³/mol. The van der Waals surface area contributed by atoms with Gasteiger partial charge in [-0.2, -0.15) is 4.83 Å². The Balaban J connectivity index is 1.85. The summed E-state index contributed by atoms with van der Waals surface area (Å²) in [5, 5.41) is 0. The Labute approximate surface area is 135 Å². The molecule has 0 atom stereocenters. The molecule has 0 saturated heterocycles. The van der Waals surface area contributed by atoms with Crippen LogP contribution in [0.1, 0.15) is 24.2 Å². The fraction of sp³-hybridized carbons (Fsp3) is 0.235. The summed E-state index contributed by atoms with van der Waals surface area (Å²) in [4.78, 5) is 16.0. The van der Waals surface area contributed by atoms with Crippen LogP contribution >= 0.6 is 11.9 Å². The molecule has 2 aromatic carbocycles. The van der Waals surface area contributed by atoms with E-state index < -0.39 is 0 Å². The average molecular weight is 316 g/mol. The summed E-state index contributed by atoms with van der Waals surface area (Å²) in [6, 6.07) is 16.9. The SMILES string of the molecule is CC(C)COc1cccc(C(=O)NNSc2ccccc2)c1. The van der Waals surface area contributed by atoms with E-state index in [1.807, 2.05) is 42.5 Å². The standard InChI is InChI=1S/C17H20N2O2S/c1-13(2)12-21-15-8-6-7-14(11-15)17(20)18-19-22-16-9-4-3-5-10-16/h3-11,13,19H,12H2,1-2H3,(H,18,20). The first-order chi connectivity index (χ1) is 10.6. The number of carbonyl (C=O) groups is 1. The lowest BCUT2D eigenvalue weighted by Gasteiger charge is -2.10. The van der Waals surface area contributed by atoms with Crippen molar-refractivity contribution < 1.29 is 9.53 Å². The zero-order chi connectivity index (χ0) is 15.8. The minimum atomic E-state index is -0.196. The van der Waals surface area contributed by atoms with Crippen LogP contribution in [0, 0.1) is 5.92 Å². The topological polar surface area (TPSA) is 50.4 Å². The lowest BCUT2D eigenvalue weighted by molar-refractivity contribution is 0.0946. The van der Waals surface area contributed by atoms with Crippen LogP contribution in [0.5, 0.6) is 5.75 Å². The Morgan fingerprint density at radius 1 is 1.14 bits per heavy atom. The van der Waals surface area contributed by atoms with E-state index in [1.165, 1.54) is 11.9 Å². The van der Waals surface area contributed by atoms with Crippen molar-refractivity contribution in [3.8, 4) is 5.75 Å². The third-order valence-corrected chi connectivity index (χ3v) is 3.47. The molecule has 0 heterocycles. The molecule has 2 N–H and O–H groups in total. The fourth-order valence-electron chi connectivity index (χ4n) is 1.68. The molecule has 2 aromatic rings. The summed E-state index contributed by atoms with van der Waals surface area (Å²) in [7, 11) is 0. The molecule has 0 saturated carbocycles. The first-order valence-electron chi connectivity index (χ1n) is 7.15. The maximum Gasteiger partial charge on any atom is 0.266 e. The monoisotopic (exact) mass is 316 g/mol. The quantitative estimate of drug-likeness (QED) is 0.604. The molecule has 0 bridgehead atoms. The van der Waals surface area contributed by atoms with Crippen molar-refractivity contribution >= 4 is 17.9 Å². The number of amides is 1. The van der Waals surface area contributed by atoms with Gasteiger partial charge in [0, 0.05) is 10.5 Å². The third kappa shape index (κ3) is 5.42. The van der Waals surface area contributed by atoms with Crippen molar-refractivity contribution in [2.45, 2.75) is 18.7 Å². The first-order valence-corrected chi connectivity index (χ1v) is 7.97. The van der Waals surface area contributed by atoms with Gasteiger partial charge in [0.1, 0.15) is 5.75 Å². The van der Waals surface area contributed by atoms with Crippen LogP contribution in [-0.2, 0) is 0 Å². The zero-order valence-corrected chi connectivity index (χ0v) is 13.5. The molecule has 0 aromatic heterocycles. The molecule has 0 aliphatic carbocycles. The van der Waals surface area contributed by atoms with E-state index >= 15 is 0 Å². The molecule has 0 radical (unpaired) electrons. The van der Waals surface area contributed by atoms with Crippen LogP contribution < -0.4 is 15.0 Å². The second-order valence-corrected chi connectivity index (χ2v) is 6.08. The van der Waals surface area contributed by atoms with E-state index in [4.69, 9.17) is 4.74 Å². The Hall–Kier alpha value is -1.98. The maximum absolute atomic E-state index is 12.1. The summed E-state index contributed by atoms with van der Waals surface area (Å²) in [5.41, 5.74) is 3.22. The molecule has 1 amide bonds. The third-order valence-electron chi connectivity index (χ3n) is 2.76. The van der Waals surface area contributed by atoms with Crippen molar-refractivity contribution in [3.63, 3.8) is 0 Å². The highest BCUT2D eigenvalue weighted by molar-refractivity contribution is 7.97. The molecule has 0 fully saturated rings. The van der Waals surface area contributed by atoms with Crippen LogP contribution in [0.2, 0.25) is 0 Å². The van der Waals surface area contributed by atoms with Crippen LogP contribution in [0.25, 0.3) is 0 Å². The van der Waals surface area contributed by atoms with Crippen LogP contribution in [0.4, 0.5) is 0 Å². The smallest absolute Gasteiger partial charge is 0.266 e. The summed E-state index contributed by atoms with van der Waals surface area (Å²) in [5.74, 6) is 0.955. The van der Waals surface area contributed by atoms with Gasteiger partial charge in [0.05, 0.1) is 6.61 Å². The molecule has 22 heavy (non-hydrogen) atoms.